The van der Waals surface area contributed by atoms with Gasteiger partial charge in [0.15, 0.2) is 6.61 Å². The maximum absolute atomic E-state index is 12.9. The monoisotopic (exact) mass is 424 g/mol. The lowest BCUT2D eigenvalue weighted by molar-refractivity contribution is -0.124. The first kappa shape index (κ1) is 21.7. The topological polar surface area (TPSA) is 92.8 Å². The number of nitrogens with one attached hydrogen (secondary N) is 1. The first-order valence-corrected chi connectivity index (χ1v) is 10.2. The average molecular weight is 425 g/mol. The zero-order valence-electron chi connectivity index (χ0n) is 15.7. The van der Waals surface area contributed by atoms with Crippen LogP contribution in [0.5, 0.6) is 0 Å². The maximum atomic E-state index is 12.9. The van der Waals surface area contributed by atoms with Gasteiger partial charge in [0.2, 0.25) is 0 Å². The summed E-state index contributed by atoms with van der Waals surface area (Å²) in [6.07, 6.45) is 0. The molecule has 0 unspecified atom stereocenters. The van der Waals surface area contributed by atoms with Crippen LogP contribution in [0.15, 0.2) is 53.4 Å². The third-order valence-electron chi connectivity index (χ3n) is 3.68. The number of anilines is 1. The molecule has 0 fully saturated rings. The standard InChI is InChI=1S/C19H21ClN2O5S/c1-13(2)21-18(23)12-27-19(24)14-6-4-9-17(10-14)28(25,26)22(3)16-8-5-7-15(20)11-16/h4-11,13H,12H2,1-3H3,(H,21,23). The van der Waals surface area contributed by atoms with Gasteiger partial charge in [-0.3, -0.25) is 9.10 Å². The smallest absolute Gasteiger partial charge is 0.338 e. The van der Waals surface area contributed by atoms with Crippen molar-refractivity contribution in [1.29, 1.82) is 0 Å². The van der Waals surface area contributed by atoms with E-state index >= 15 is 0 Å². The van der Waals surface area contributed by atoms with Crippen LogP contribution in [0.1, 0.15) is 24.2 Å². The number of carbonyl (C=O) groups excluding carboxylic acids is 2. The van der Waals surface area contributed by atoms with E-state index in [0.29, 0.717) is 10.7 Å². The largest absolute Gasteiger partial charge is 0.452 e. The second-order valence-corrected chi connectivity index (χ2v) is 8.68. The summed E-state index contributed by atoms with van der Waals surface area (Å²) in [4.78, 5) is 23.7. The summed E-state index contributed by atoms with van der Waals surface area (Å²) in [6.45, 7) is 3.12. The summed E-state index contributed by atoms with van der Waals surface area (Å²) in [5.74, 6) is -1.23. The predicted octanol–water partition coefficient (Wildman–Crippen LogP) is 2.85. The summed E-state index contributed by atoms with van der Waals surface area (Å²) >= 11 is 5.93. The number of rotatable bonds is 7. The fourth-order valence-corrected chi connectivity index (χ4v) is 3.75. The van der Waals surface area contributed by atoms with Crippen LogP contribution in [0, 0.1) is 0 Å². The summed E-state index contributed by atoms with van der Waals surface area (Å²) in [7, 11) is -2.53. The van der Waals surface area contributed by atoms with Crippen molar-refractivity contribution in [3.05, 3.63) is 59.1 Å². The normalized spacial score (nSPS) is 11.2. The van der Waals surface area contributed by atoms with Crippen LogP contribution >= 0.6 is 11.6 Å². The van der Waals surface area contributed by atoms with E-state index in [-0.39, 0.29) is 16.5 Å². The number of hydrogen-bond donors (Lipinski definition) is 1. The minimum Gasteiger partial charge on any atom is -0.452 e. The van der Waals surface area contributed by atoms with Gasteiger partial charge in [-0.05, 0) is 50.2 Å². The van der Waals surface area contributed by atoms with E-state index in [1.807, 2.05) is 0 Å². The van der Waals surface area contributed by atoms with E-state index in [1.165, 1.54) is 37.4 Å². The molecule has 0 aliphatic rings. The number of hydrogen-bond acceptors (Lipinski definition) is 5. The number of nitrogens with zero attached hydrogens (tertiary/aromatic N) is 1. The van der Waals surface area contributed by atoms with Crippen molar-refractivity contribution in [2.24, 2.45) is 0 Å². The van der Waals surface area contributed by atoms with Crippen molar-refractivity contribution in [2.45, 2.75) is 24.8 Å². The molecule has 9 heteroatoms. The highest BCUT2D eigenvalue weighted by Crippen LogP contribution is 2.25. The molecule has 0 aromatic heterocycles. The molecule has 2 aromatic carbocycles. The van der Waals surface area contributed by atoms with Crippen LogP contribution in [0.2, 0.25) is 5.02 Å². The van der Waals surface area contributed by atoms with Gasteiger partial charge in [-0.15, -0.1) is 0 Å². The van der Waals surface area contributed by atoms with Crippen LogP contribution in [0.25, 0.3) is 0 Å². The number of ether oxygens (including phenoxy) is 1. The minimum absolute atomic E-state index is 0.0258. The Labute approximate surface area is 169 Å². The Kier molecular flexibility index (Phi) is 7.04. The number of carbonyl (C=O) groups is 2. The fraction of sp³-hybridized carbons (Fsp3) is 0.263. The maximum Gasteiger partial charge on any atom is 0.338 e. The molecule has 0 spiro atoms. The van der Waals surface area contributed by atoms with Crippen LogP contribution in [-0.2, 0) is 19.6 Å². The molecule has 28 heavy (non-hydrogen) atoms. The Morgan fingerprint density at radius 2 is 1.82 bits per heavy atom. The van der Waals surface area contributed by atoms with Gasteiger partial charge in [-0.2, -0.15) is 0 Å². The summed E-state index contributed by atoms with van der Waals surface area (Å²) < 4.78 is 31.8. The molecule has 0 saturated heterocycles. The average Bonchev–Trinajstić information content (AvgIpc) is 2.65. The van der Waals surface area contributed by atoms with Gasteiger partial charge in [0, 0.05) is 18.1 Å². The minimum atomic E-state index is -3.92. The SMILES string of the molecule is CC(C)NC(=O)COC(=O)c1cccc(S(=O)(=O)N(C)c2cccc(Cl)c2)c1. The number of benzene rings is 2. The van der Waals surface area contributed by atoms with E-state index in [1.54, 1.807) is 32.0 Å². The molecule has 0 aliphatic heterocycles. The first-order valence-electron chi connectivity index (χ1n) is 8.42. The summed E-state index contributed by atoms with van der Waals surface area (Å²) in [5, 5.41) is 2.99. The molecule has 0 bridgehead atoms. The van der Waals surface area contributed by atoms with Crippen molar-refractivity contribution in [3.63, 3.8) is 0 Å². The first-order chi connectivity index (χ1) is 13.1. The fourth-order valence-electron chi connectivity index (χ4n) is 2.33. The highest BCUT2D eigenvalue weighted by molar-refractivity contribution is 7.92. The third kappa shape index (κ3) is 5.46. The Bertz CT molecular complexity index is 976. The van der Waals surface area contributed by atoms with Crippen molar-refractivity contribution < 1.29 is 22.7 Å². The summed E-state index contributed by atoms with van der Waals surface area (Å²) in [5.41, 5.74) is 0.406. The zero-order valence-corrected chi connectivity index (χ0v) is 17.3. The van der Waals surface area contributed by atoms with Gasteiger partial charge in [0.1, 0.15) is 0 Å². The molecular formula is C19H21ClN2O5S. The van der Waals surface area contributed by atoms with Crippen molar-refractivity contribution in [1.82, 2.24) is 5.32 Å². The summed E-state index contributed by atoms with van der Waals surface area (Å²) in [6, 6.07) is 11.8. The van der Waals surface area contributed by atoms with Crippen LogP contribution < -0.4 is 9.62 Å². The number of esters is 1. The van der Waals surface area contributed by atoms with Crippen molar-refractivity contribution in [2.75, 3.05) is 18.0 Å². The van der Waals surface area contributed by atoms with Gasteiger partial charge < -0.3 is 10.1 Å². The molecule has 150 valence electrons. The lowest BCUT2D eigenvalue weighted by Gasteiger charge is -2.20. The molecule has 0 heterocycles. The van der Waals surface area contributed by atoms with E-state index in [4.69, 9.17) is 16.3 Å². The predicted molar refractivity (Wildman–Crippen MR) is 107 cm³/mol. The third-order valence-corrected chi connectivity index (χ3v) is 5.70. The van der Waals surface area contributed by atoms with E-state index < -0.39 is 28.5 Å². The Morgan fingerprint density at radius 3 is 2.46 bits per heavy atom. The second-order valence-electron chi connectivity index (χ2n) is 6.28. The van der Waals surface area contributed by atoms with Gasteiger partial charge in [-0.25, -0.2) is 13.2 Å². The van der Waals surface area contributed by atoms with Crippen molar-refractivity contribution >= 4 is 39.2 Å². The second kappa shape index (κ2) is 9.07. The van der Waals surface area contributed by atoms with E-state index in [2.05, 4.69) is 5.32 Å². The quantitative estimate of drug-likeness (QED) is 0.690. The Morgan fingerprint density at radius 1 is 1.14 bits per heavy atom. The molecular weight excluding hydrogens is 404 g/mol. The van der Waals surface area contributed by atoms with E-state index in [9.17, 15) is 18.0 Å². The molecule has 0 saturated carbocycles. The Hall–Kier alpha value is -2.58. The van der Waals surface area contributed by atoms with Crippen molar-refractivity contribution in [3.8, 4) is 0 Å². The van der Waals surface area contributed by atoms with E-state index in [0.717, 1.165) is 4.31 Å². The van der Waals surface area contributed by atoms with Gasteiger partial charge >= 0.3 is 5.97 Å². The molecule has 1 N–H and O–H groups in total. The highest BCUT2D eigenvalue weighted by atomic mass is 35.5. The van der Waals surface area contributed by atoms with Crippen LogP contribution in [-0.4, -0.2) is 40.0 Å². The lowest BCUT2D eigenvalue weighted by Crippen LogP contribution is -2.34. The van der Waals surface area contributed by atoms with Crippen LogP contribution in [0.3, 0.4) is 0 Å². The van der Waals surface area contributed by atoms with Crippen LogP contribution in [0.4, 0.5) is 5.69 Å². The Balaban J connectivity index is 2.19. The molecule has 2 aromatic rings. The molecule has 0 aliphatic carbocycles. The molecule has 1 amide bonds. The molecule has 7 nitrogen and oxygen atoms in total. The lowest BCUT2D eigenvalue weighted by atomic mass is 10.2. The van der Waals surface area contributed by atoms with Gasteiger partial charge in [0.05, 0.1) is 16.1 Å². The molecule has 0 radical (unpaired) electrons. The highest BCUT2D eigenvalue weighted by Gasteiger charge is 2.23. The van der Waals surface area contributed by atoms with Gasteiger partial charge in [0.25, 0.3) is 15.9 Å². The van der Waals surface area contributed by atoms with Gasteiger partial charge in [-0.1, -0.05) is 23.7 Å². The number of halogens is 1. The molecule has 2 rings (SSSR count). The number of sulfonamides is 1. The zero-order chi connectivity index (χ0) is 20.9. The number of amides is 1. The molecule has 0 atom stereocenters.